The number of hydrogen-bond acceptors (Lipinski definition) is 9. The molecule has 1 atom stereocenters. The van der Waals surface area contributed by atoms with Crippen LogP contribution in [0.15, 0.2) is 47.6 Å². The zero-order chi connectivity index (χ0) is 26.3. The average Bonchev–Trinajstić information content (AvgIpc) is 3.40. The maximum Gasteiger partial charge on any atom is 0.407 e. The molecule has 0 radical (unpaired) electrons. The van der Waals surface area contributed by atoms with Gasteiger partial charge in [-0.25, -0.2) is 27.2 Å². The average molecular weight is 517 g/mol. The molecule has 3 aromatic rings. The molecule has 0 spiro atoms. The van der Waals surface area contributed by atoms with Gasteiger partial charge >= 0.3 is 11.8 Å². The Hall–Kier alpha value is -3.71. The van der Waals surface area contributed by atoms with Gasteiger partial charge in [0.2, 0.25) is 0 Å². The van der Waals surface area contributed by atoms with Crippen LogP contribution in [-0.2, 0) is 14.8 Å². The number of aromatic nitrogens is 2. The lowest BCUT2D eigenvalue weighted by Crippen LogP contribution is -2.42. The Labute approximate surface area is 208 Å². The number of fused-ring (bicyclic) bond motifs is 1. The molecule has 1 fully saturated rings. The van der Waals surface area contributed by atoms with Crippen molar-refractivity contribution in [2.24, 2.45) is 0 Å². The molecule has 1 aliphatic rings. The summed E-state index contributed by atoms with van der Waals surface area (Å²) in [5, 5.41) is 16.4. The number of hydrogen-bond donors (Lipinski definition) is 2. The van der Waals surface area contributed by atoms with Crippen LogP contribution in [-0.4, -0.2) is 58.1 Å². The lowest BCUT2D eigenvalue weighted by molar-refractivity contribution is -0.384. The number of nitro groups is 1. The number of benzene rings is 1. The van der Waals surface area contributed by atoms with Crippen molar-refractivity contribution in [1.29, 1.82) is 0 Å². The molecule has 4 rings (SSSR count). The van der Waals surface area contributed by atoms with Gasteiger partial charge in [0.05, 0.1) is 21.7 Å². The fraction of sp³-hybridized carbons (Fsp3) is 0.391. The molecule has 2 N–H and O–H groups in total. The van der Waals surface area contributed by atoms with Crippen LogP contribution in [0.5, 0.6) is 0 Å². The fourth-order valence-electron chi connectivity index (χ4n) is 3.90. The topological polar surface area (TPSA) is 149 Å². The molecular weight excluding hydrogens is 488 g/mol. The number of rotatable bonds is 6. The zero-order valence-corrected chi connectivity index (χ0v) is 21.2. The Morgan fingerprint density at radius 3 is 2.56 bits per heavy atom. The number of anilines is 1. The number of alkyl carbamates (subject to hydrolysis) is 1. The summed E-state index contributed by atoms with van der Waals surface area (Å²) in [6.07, 6.45) is 1.93. The van der Waals surface area contributed by atoms with Crippen molar-refractivity contribution in [3.8, 4) is 0 Å². The third kappa shape index (κ3) is 5.26. The molecule has 3 heterocycles. The highest BCUT2D eigenvalue weighted by Gasteiger charge is 2.30. The van der Waals surface area contributed by atoms with Gasteiger partial charge in [0.25, 0.3) is 10.0 Å². The van der Waals surface area contributed by atoms with Crippen LogP contribution >= 0.6 is 0 Å². The number of pyridine rings is 1. The van der Waals surface area contributed by atoms with E-state index in [9.17, 15) is 23.3 Å². The van der Waals surface area contributed by atoms with E-state index in [0.717, 1.165) is 15.7 Å². The Morgan fingerprint density at radius 1 is 1.22 bits per heavy atom. The van der Waals surface area contributed by atoms with Gasteiger partial charge in [-0.3, -0.25) is 10.1 Å². The van der Waals surface area contributed by atoms with Crippen LogP contribution in [0.1, 0.15) is 32.8 Å². The van der Waals surface area contributed by atoms with Crippen molar-refractivity contribution in [3.63, 3.8) is 0 Å². The first kappa shape index (κ1) is 25.4. The van der Waals surface area contributed by atoms with Crippen LogP contribution in [0.3, 0.4) is 0 Å². The number of amides is 1. The normalized spacial score (nSPS) is 16.7. The second-order valence-corrected chi connectivity index (χ2v) is 11.5. The van der Waals surface area contributed by atoms with E-state index >= 15 is 0 Å². The Kier molecular flexibility index (Phi) is 6.62. The first-order valence-electron chi connectivity index (χ1n) is 11.3. The van der Waals surface area contributed by atoms with Crippen LogP contribution in [0.4, 0.5) is 16.2 Å². The molecule has 36 heavy (non-hydrogen) atoms. The van der Waals surface area contributed by atoms with Gasteiger partial charge in [0, 0.05) is 24.7 Å². The monoisotopic (exact) mass is 516 g/mol. The maximum atomic E-state index is 13.2. The second kappa shape index (κ2) is 9.39. The molecule has 2 aromatic heterocycles. The highest BCUT2D eigenvalue weighted by molar-refractivity contribution is 7.90. The molecule has 0 saturated carbocycles. The molecule has 13 heteroatoms. The summed E-state index contributed by atoms with van der Waals surface area (Å²) in [6.45, 7) is 8.13. The van der Waals surface area contributed by atoms with Crippen molar-refractivity contribution in [3.05, 3.63) is 58.4 Å². The number of carbonyl (C=O) groups excluding carboxylic acids is 1. The first-order valence-corrected chi connectivity index (χ1v) is 12.8. The van der Waals surface area contributed by atoms with Gasteiger partial charge < -0.3 is 15.5 Å². The van der Waals surface area contributed by atoms with E-state index in [-0.39, 0.29) is 27.3 Å². The fourth-order valence-corrected chi connectivity index (χ4v) is 5.20. The first-order chi connectivity index (χ1) is 16.8. The quantitative estimate of drug-likeness (QED) is 0.371. The zero-order valence-electron chi connectivity index (χ0n) is 20.4. The molecule has 1 aromatic carbocycles. The Bertz CT molecular complexity index is 1410. The summed E-state index contributed by atoms with van der Waals surface area (Å²) < 4.78 is 33.0. The van der Waals surface area contributed by atoms with Gasteiger partial charge in [-0.2, -0.15) is 0 Å². The Balaban J connectivity index is 1.62. The second-order valence-electron chi connectivity index (χ2n) is 9.69. The molecule has 0 bridgehead atoms. The lowest BCUT2D eigenvalue weighted by atomic mass is 10.1. The molecule has 0 unspecified atom stereocenters. The number of carbonyl (C=O) groups is 1. The van der Waals surface area contributed by atoms with Gasteiger partial charge in [0.15, 0.2) is 5.65 Å². The number of aryl methyl sites for hydroxylation is 1. The van der Waals surface area contributed by atoms with Crippen molar-refractivity contribution < 1.29 is 22.9 Å². The van der Waals surface area contributed by atoms with E-state index in [4.69, 9.17) is 4.74 Å². The molecule has 12 nitrogen and oxygen atoms in total. The minimum atomic E-state index is -3.97. The SMILES string of the molecule is Cc1ccc(S(=O)(=O)n2ccc3c(NN4CC[C@@H](OC(=O)NC(C)(C)C)C4)c([N+](=O)[O-])cnc32)cc1. The van der Waals surface area contributed by atoms with E-state index in [0.29, 0.717) is 19.5 Å². The Morgan fingerprint density at radius 2 is 1.92 bits per heavy atom. The summed E-state index contributed by atoms with van der Waals surface area (Å²) in [5.74, 6) is 0. The predicted octanol–water partition coefficient (Wildman–Crippen LogP) is 3.42. The third-order valence-electron chi connectivity index (χ3n) is 5.60. The number of nitrogens with zero attached hydrogens (tertiary/aromatic N) is 4. The smallest absolute Gasteiger partial charge is 0.407 e. The maximum absolute atomic E-state index is 13.2. The van der Waals surface area contributed by atoms with Crippen molar-refractivity contribution in [2.45, 2.75) is 50.7 Å². The summed E-state index contributed by atoms with van der Waals surface area (Å²) in [7, 11) is -3.97. The highest BCUT2D eigenvalue weighted by atomic mass is 32.2. The van der Waals surface area contributed by atoms with Crippen LogP contribution < -0.4 is 10.7 Å². The van der Waals surface area contributed by atoms with Crippen molar-refractivity contribution >= 4 is 38.5 Å². The molecular formula is C23H28N6O6S. The molecule has 192 valence electrons. The molecule has 1 amide bonds. The van der Waals surface area contributed by atoms with E-state index in [1.165, 1.54) is 24.4 Å². The van der Waals surface area contributed by atoms with Crippen LogP contribution in [0, 0.1) is 17.0 Å². The standard InChI is InChI=1S/C23H28N6O6S/c1-15-5-7-17(8-6-15)36(33,34)28-12-10-18-20(19(29(31)32)13-24-21(18)28)26-27-11-9-16(14-27)35-22(30)25-23(2,3)4/h5-8,10,12-13,16H,9,11,14H2,1-4H3,(H,24,26)(H,25,30)/t16-/m1/s1. The summed E-state index contributed by atoms with van der Waals surface area (Å²) in [4.78, 5) is 27.4. The van der Waals surface area contributed by atoms with E-state index in [2.05, 4.69) is 15.7 Å². The van der Waals surface area contributed by atoms with Crippen molar-refractivity contribution in [2.75, 3.05) is 18.5 Å². The van der Waals surface area contributed by atoms with E-state index < -0.39 is 32.7 Å². The lowest BCUT2D eigenvalue weighted by Gasteiger charge is -2.22. The summed E-state index contributed by atoms with van der Waals surface area (Å²) in [6, 6.07) is 7.86. The number of nitrogens with one attached hydrogen (secondary N) is 2. The van der Waals surface area contributed by atoms with Crippen molar-refractivity contribution in [1.82, 2.24) is 19.3 Å². The van der Waals surface area contributed by atoms with Gasteiger partial charge in [-0.1, -0.05) is 17.7 Å². The van der Waals surface area contributed by atoms with Crippen LogP contribution in [0.2, 0.25) is 0 Å². The third-order valence-corrected chi connectivity index (χ3v) is 7.28. The molecule has 0 aliphatic carbocycles. The van der Waals surface area contributed by atoms with E-state index in [1.807, 2.05) is 27.7 Å². The minimum absolute atomic E-state index is 0.0558. The number of ether oxygens (including phenoxy) is 1. The van der Waals surface area contributed by atoms with Gasteiger partial charge in [0.1, 0.15) is 18.0 Å². The predicted molar refractivity (Wildman–Crippen MR) is 133 cm³/mol. The summed E-state index contributed by atoms with van der Waals surface area (Å²) in [5.41, 5.74) is 3.37. The highest BCUT2D eigenvalue weighted by Crippen LogP contribution is 2.34. The summed E-state index contributed by atoms with van der Waals surface area (Å²) >= 11 is 0. The van der Waals surface area contributed by atoms with Gasteiger partial charge in [-0.05, 0) is 45.9 Å². The van der Waals surface area contributed by atoms with Gasteiger partial charge in [-0.15, -0.1) is 0 Å². The van der Waals surface area contributed by atoms with Crippen LogP contribution in [0.25, 0.3) is 11.0 Å². The minimum Gasteiger partial charge on any atom is -0.445 e. The molecule has 1 saturated heterocycles. The largest absolute Gasteiger partial charge is 0.445 e. The number of hydrazine groups is 1. The molecule has 1 aliphatic heterocycles. The van der Waals surface area contributed by atoms with E-state index in [1.54, 1.807) is 17.1 Å².